The van der Waals surface area contributed by atoms with Crippen molar-refractivity contribution in [2.75, 3.05) is 5.32 Å². The Bertz CT molecular complexity index is 1270. The third-order valence-electron chi connectivity index (χ3n) is 6.41. The van der Waals surface area contributed by atoms with Gasteiger partial charge >= 0.3 is 0 Å². The summed E-state index contributed by atoms with van der Waals surface area (Å²) in [6, 6.07) is 19.3. The minimum atomic E-state index is 0.0346. The molecular weight excluding hydrogens is 398 g/mol. The van der Waals surface area contributed by atoms with Crippen molar-refractivity contribution in [3.8, 4) is 5.69 Å². The molecule has 0 unspecified atom stereocenters. The highest BCUT2D eigenvalue weighted by molar-refractivity contribution is 5.81. The van der Waals surface area contributed by atoms with Gasteiger partial charge in [0.15, 0.2) is 0 Å². The Morgan fingerprint density at radius 3 is 2.94 bits per heavy atom. The molecule has 1 fully saturated rings. The number of hydrogen-bond acceptors (Lipinski definition) is 4. The van der Waals surface area contributed by atoms with Crippen molar-refractivity contribution in [2.24, 2.45) is 0 Å². The van der Waals surface area contributed by atoms with E-state index in [1.165, 1.54) is 24.8 Å². The molecule has 164 valence electrons. The van der Waals surface area contributed by atoms with Crippen molar-refractivity contribution in [1.82, 2.24) is 20.1 Å². The molecule has 2 atom stereocenters. The first-order chi connectivity index (χ1) is 15.7. The van der Waals surface area contributed by atoms with Gasteiger partial charge in [-0.2, -0.15) is 5.10 Å². The Morgan fingerprint density at radius 1 is 1.09 bits per heavy atom. The number of nitrogens with zero attached hydrogens (tertiary/aromatic N) is 2. The highest BCUT2D eigenvalue weighted by Gasteiger charge is 2.21. The Balaban J connectivity index is 1.21. The third kappa shape index (κ3) is 4.46. The van der Waals surface area contributed by atoms with Gasteiger partial charge in [-0.1, -0.05) is 18.2 Å². The average Bonchev–Trinajstić information content (AvgIpc) is 3.28. The van der Waals surface area contributed by atoms with Gasteiger partial charge in [0.05, 0.1) is 11.7 Å². The predicted molar refractivity (Wildman–Crippen MR) is 129 cm³/mol. The van der Waals surface area contributed by atoms with Crippen molar-refractivity contribution in [3.63, 3.8) is 0 Å². The number of nitrogens with one attached hydrogen (secondary N) is 3. The smallest absolute Gasteiger partial charge is 0.257 e. The van der Waals surface area contributed by atoms with E-state index < -0.39 is 0 Å². The molecule has 32 heavy (non-hydrogen) atoms. The number of aromatic amines is 1. The van der Waals surface area contributed by atoms with Crippen molar-refractivity contribution in [1.29, 1.82) is 0 Å². The fourth-order valence-electron chi connectivity index (χ4n) is 4.66. The molecular formula is C26H29N5O. The van der Waals surface area contributed by atoms with Crippen molar-refractivity contribution >= 4 is 16.6 Å². The molecule has 0 radical (unpaired) electrons. The zero-order valence-electron chi connectivity index (χ0n) is 18.3. The number of benzene rings is 2. The van der Waals surface area contributed by atoms with Gasteiger partial charge in [-0.3, -0.25) is 14.5 Å². The molecule has 2 heterocycles. The molecule has 0 bridgehead atoms. The first-order valence-corrected chi connectivity index (χ1v) is 11.4. The molecule has 2 aromatic carbocycles. The molecule has 0 aliphatic heterocycles. The number of rotatable bonds is 6. The predicted octanol–water partition coefficient (Wildman–Crippen LogP) is 4.54. The number of pyridine rings is 1. The van der Waals surface area contributed by atoms with Gasteiger partial charge in [0, 0.05) is 47.1 Å². The van der Waals surface area contributed by atoms with E-state index in [1.54, 1.807) is 4.57 Å². The van der Waals surface area contributed by atoms with E-state index in [0.717, 1.165) is 40.8 Å². The van der Waals surface area contributed by atoms with Crippen LogP contribution in [0.4, 0.5) is 5.69 Å². The van der Waals surface area contributed by atoms with Crippen molar-refractivity contribution < 1.29 is 0 Å². The lowest BCUT2D eigenvalue weighted by Gasteiger charge is -2.31. The van der Waals surface area contributed by atoms with Crippen LogP contribution in [0.5, 0.6) is 0 Å². The Kier molecular flexibility index (Phi) is 5.77. The molecule has 0 saturated heterocycles. The van der Waals surface area contributed by atoms with Crippen LogP contribution >= 0.6 is 0 Å². The maximum absolute atomic E-state index is 12.5. The van der Waals surface area contributed by atoms with Crippen LogP contribution in [0, 0.1) is 6.92 Å². The van der Waals surface area contributed by atoms with Crippen LogP contribution in [-0.2, 0) is 6.54 Å². The van der Waals surface area contributed by atoms with E-state index in [-0.39, 0.29) is 5.56 Å². The number of fused-ring (bicyclic) bond motifs is 1. The summed E-state index contributed by atoms with van der Waals surface area (Å²) in [5.41, 5.74) is 5.11. The molecule has 0 spiro atoms. The lowest BCUT2D eigenvalue weighted by atomic mass is 9.90. The van der Waals surface area contributed by atoms with Crippen LogP contribution in [0.15, 0.2) is 71.8 Å². The topological polar surface area (TPSA) is 74.7 Å². The van der Waals surface area contributed by atoms with Gasteiger partial charge in [-0.25, -0.2) is 0 Å². The van der Waals surface area contributed by atoms with Crippen LogP contribution in [0.3, 0.4) is 0 Å². The van der Waals surface area contributed by atoms with Crippen LogP contribution in [-0.4, -0.2) is 26.8 Å². The summed E-state index contributed by atoms with van der Waals surface area (Å²) >= 11 is 0. The van der Waals surface area contributed by atoms with Crippen LogP contribution < -0.4 is 16.2 Å². The van der Waals surface area contributed by atoms with Crippen LogP contribution in [0.2, 0.25) is 0 Å². The summed E-state index contributed by atoms with van der Waals surface area (Å²) in [4.78, 5) is 12.5. The highest BCUT2D eigenvalue weighted by atomic mass is 16.1. The molecule has 6 heteroatoms. The standard InChI is InChI=1S/C26H29N5O/c1-18-5-4-12-31(26(18)32)24-9-2-6-19(13-24)16-27-21-7-3-8-22(15-21)29-23-10-11-25-20(14-23)17-28-30-25/h2,4-6,9-14,17,21-22,27,29H,3,7-8,15-16H2,1H3,(H,28,30)/t21-,22-/m0/s1. The van der Waals surface area contributed by atoms with Gasteiger partial charge < -0.3 is 10.6 Å². The van der Waals surface area contributed by atoms with Gasteiger partial charge in [0.1, 0.15) is 0 Å². The van der Waals surface area contributed by atoms with Gasteiger partial charge in [-0.15, -0.1) is 0 Å². The van der Waals surface area contributed by atoms with E-state index in [2.05, 4.69) is 51.2 Å². The Labute approximate surface area is 187 Å². The highest BCUT2D eigenvalue weighted by Crippen LogP contribution is 2.24. The second kappa shape index (κ2) is 9.01. The fourth-order valence-corrected chi connectivity index (χ4v) is 4.66. The van der Waals surface area contributed by atoms with E-state index in [0.29, 0.717) is 12.1 Å². The monoisotopic (exact) mass is 427 g/mol. The minimum absolute atomic E-state index is 0.0346. The van der Waals surface area contributed by atoms with E-state index in [9.17, 15) is 4.79 Å². The fraction of sp³-hybridized carbons (Fsp3) is 0.308. The number of anilines is 1. The molecule has 6 nitrogen and oxygen atoms in total. The number of H-pyrrole nitrogens is 1. The minimum Gasteiger partial charge on any atom is -0.382 e. The quantitative estimate of drug-likeness (QED) is 0.422. The first-order valence-electron chi connectivity index (χ1n) is 11.4. The zero-order valence-corrected chi connectivity index (χ0v) is 18.3. The zero-order chi connectivity index (χ0) is 21.9. The second-order valence-corrected chi connectivity index (χ2v) is 8.79. The normalized spacial score (nSPS) is 18.7. The summed E-state index contributed by atoms with van der Waals surface area (Å²) in [5, 5.41) is 15.7. The van der Waals surface area contributed by atoms with Gasteiger partial charge in [0.2, 0.25) is 0 Å². The molecule has 2 aromatic heterocycles. The van der Waals surface area contributed by atoms with E-state index >= 15 is 0 Å². The van der Waals surface area contributed by atoms with Crippen LogP contribution in [0.25, 0.3) is 16.6 Å². The van der Waals surface area contributed by atoms with Crippen molar-refractivity contribution in [3.05, 3.63) is 88.5 Å². The molecule has 1 aliphatic carbocycles. The summed E-state index contributed by atoms with van der Waals surface area (Å²) in [6.45, 7) is 2.65. The van der Waals surface area contributed by atoms with Crippen LogP contribution in [0.1, 0.15) is 36.8 Å². The lowest BCUT2D eigenvalue weighted by molar-refractivity contribution is 0.350. The number of aryl methyl sites for hydroxylation is 1. The molecule has 4 aromatic rings. The number of aromatic nitrogens is 3. The summed E-state index contributed by atoms with van der Waals surface area (Å²) in [5.74, 6) is 0. The molecule has 3 N–H and O–H groups in total. The van der Waals surface area contributed by atoms with E-state index in [4.69, 9.17) is 0 Å². The SMILES string of the molecule is Cc1cccn(-c2cccc(CN[C@H]3CCC[C@H](Nc4ccc5[nH]ncc5c4)C3)c2)c1=O. The summed E-state index contributed by atoms with van der Waals surface area (Å²) < 4.78 is 1.72. The molecule has 0 amide bonds. The van der Waals surface area contributed by atoms with Gasteiger partial charge in [-0.05, 0) is 74.6 Å². The first kappa shape index (κ1) is 20.5. The summed E-state index contributed by atoms with van der Waals surface area (Å²) in [7, 11) is 0. The third-order valence-corrected chi connectivity index (χ3v) is 6.41. The Hall–Kier alpha value is -3.38. The molecule has 1 aliphatic rings. The molecule has 1 saturated carbocycles. The molecule has 5 rings (SSSR count). The van der Waals surface area contributed by atoms with E-state index in [1.807, 2.05) is 43.6 Å². The van der Waals surface area contributed by atoms with Crippen molar-refractivity contribution in [2.45, 2.75) is 51.2 Å². The maximum Gasteiger partial charge on any atom is 0.257 e. The average molecular weight is 428 g/mol. The second-order valence-electron chi connectivity index (χ2n) is 8.79. The Morgan fingerprint density at radius 2 is 2.00 bits per heavy atom. The summed E-state index contributed by atoms with van der Waals surface area (Å²) in [6.07, 6.45) is 8.39. The number of hydrogen-bond donors (Lipinski definition) is 3. The maximum atomic E-state index is 12.5. The largest absolute Gasteiger partial charge is 0.382 e. The lowest BCUT2D eigenvalue weighted by Crippen LogP contribution is -2.38. The van der Waals surface area contributed by atoms with Gasteiger partial charge in [0.25, 0.3) is 5.56 Å².